The summed E-state index contributed by atoms with van der Waals surface area (Å²) < 4.78 is 0. The third-order valence-electron chi connectivity index (χ3n) is 3.26. The zero-order valence-corrected chi connectivity index (χ0v) is 13.4. The Morgan fingerprint density at radius 3 is 2.82 bits per heavy atom. The number of carbonyl (C=O) groups is 1. The van der Waals surface area contributed by atoms with E-state index in [1.807, 2.05) is 6.07 Å². The number of anilines is 1. The zero-order chi connectivity index (χ0) is 16.1. The van der Waals surface area contributed by atoms with Gasteiger partial charge in [-0.1, -0.05) is 11.6 Å². The Kier molecular flexibility index (Phi) is 5.44. The highest BCUT2D eigenvalue weighted by Gasteiger charge is 2.08. The number of nitrogens with zero attached hydrogens (tertiary/aromatic N) is 1. The molecule has 0 unspecified atom stereocenters. The number of H-pyrrole nitrogens is 1. The lowest BCUT2D eigenvalue weighted by Gasteiger charge is -2.11. The first-order valence-electron chi connectivity index (χ1n) is 7.27. The van der Waals surface area contributed by atoms with E-state index < -0.39 is 5.97 Å². The van der Waals surface area contributed by atoms with Gasteiger partial charge in [0.15, 0.2) is 0 Å². The molecule has 2 heterocycles. The van der Waals surface area contributed by atoms with Crippen LogP contribution < -0.4 is 5.32 Å². The Morgan fingerprint density at radius 1 is 1.41 bits per heavy atom. The fraction of sp³-hybridized carbons (Fsp3) is 0.375. The van der Waals surface area contributed by atoms with Crippen molar-refractivity contribution in [3.63, 3.8) is 0 Å². The summed E-state index contributed by atoms with van der Waals surface area (Å²) >= 11 is 6.19. The van der Waals surface area contributed by atoms with Gasteiger partial charge in [-0.3, -0.25) is 0 Å². The van der Waals surface area contributed by atoms with Crippen LogP contribution in [-0.2, 0) is 12.8 Å². The van der Waals surface area contributed by atoms with E-state index in [0.717, 1.165) is 36.2 Å². The molecule has 6 heteroatoms. The SMILES string of the molecule is CC(C)Nc1cc(CCCc2c[nH]c(C(=O)O)c2)c(Cl)cn1. The van der Waals surface area contributed by atoms with Crippen molar-refractivity contribution < 1.29 is 9.90 Å². The van der Waals surface area contributed by atoms with Crippen LogP contribution in [-0.4, -0.2) is 27.1 Å². The minimum atomic E-state index is -0.937. The molecular formula is C16H20ClN3O2. The Hall–Kier alpha value is -2.01. The van der Waals surface area contributed by atoms with Crippen LogP contribution >= 0.6 is 11.6 Å². The molecule has 0 fully saturated rings. The number of aryl methyl sites for hydroxylation is 2. The van der Waals surface area contributed by atoms with Gasteiger partial charge >= 0.3 is 5.97 Å². The Balaban J connectivity index is 1.94. The summed E-state index contributed by atoms with van der Waals surface area (Å²) in [5, 5.41) is 12.8. The molecule has 0 spiro atoms. The Morgan fingerprint density at radius 2 is 2.18 bits per heavy atom. The molecule has 0 amide bonds. The monoisotopic (exact) mass is 321 g/mol. The van der Waals surface area contributed by atoms with Crippen molar-refractivity contribution >= 4 is 23.4 Å². The van der Waals surface area contributed by atoms with Crippen LogP contribution in [0, 0.1) is 0 Å². The van der Waals surface area contributed by atoms with E-state index >= 15 is 0 Å². The van der Waals surface area contributed by atoms with Crippen LogP contribution in [0.3, 0.4) is 0 Å². The molecule has 2 aromatic heterocycles. The Bertz CT molecular complexity index is 653. The number of nitrogens with one attached hydrogen (secondary N) is 2. The number of aromatic nitrogens is 2. The normalized spacial score (nSPS) is 10.9. The zero-order valence-electron chi connectivity index (χ0n) is 12.7. The van der Waals surface area contributed by atoms with E-state index in [1.54, 1.807) is 18.5 Å². The average Bonchev–Trinajstić information content (AvgIpc) is 2.91. The summed E-state index contributed by atoms with van der Waals surface area (Å²) in [5.74, 6) is -0.114. The fourth-order valence-corrected chi connectivity index (χ4v) is 2.43. The topological polar surface area (TPSA) is 78.0 Å². The molecule has 3 N–H and O–H groups in total. The molecule has 0 bridgehead atoms. The molecule has 0 aliphatic rings. The molecule has 0 aromatic carbocycles. The lowest BCUT2D eigenvalue weighted by molar-refractivity contribution is 0.0691. The summed E-state index contributed by atoms with van der Waals surface area (Å²) in [6.07, 6.45) is 5.92. The van der Waals surface area contributed by atoms with Crippen LogP contribution in [0.4, 0.5) is 5.82 Å². The van der Waals surface area contributed by atoms with Crippen LogP contribution in [0.15, 0.2) is 24.5 Å². The highest BCUT2D eigenvalue weighted by atomic mass is 35.5. The average molecular weight is 322 g/mol. The predicted molar refractivity (Wildman–Crippen MR) is 87.8 cm³/mol. The molecule has 0 saturated heterocycles. The van der Waals surface area contributed by atoms with E-state index in [9.17, 15) is 4.79 Å². The second-order valence-electron chi connectivity index (χ2n) is 5.54. The molecule has 0 saturated carbocycles. The van der Waals surface area contributed by atoms with Crippen molar-refractivity contribution in [2.75, 3.05) is 5.32 Å². The first-order valence-corrected chi connectivity index (χ1v) is 7.65. The third-order valence-corrected chi connectivity index (χ3v) is 3.60. The van der Waals surface area contributed by atoms with Crippen LogP contribution in [0.1, 0.15) is 41.9 Å². The van der Waals surface area contributed by atoms with Gasteiger partial charge in [0.2, 0.25) is 0 Å². The molecule has 2 rings (SSSR count). The smallest absolute Gasteiger partial charge is 0.352 e. The van der Waals surface area contributed by atoms with Crippen LogP contribution in [0.25, 0.3) is 0 Å². The van der Waals surface area contributed by atoms with E-state index in [2.05, 4.69) is 29.1 Å². The third kappa shape index (κ3) is 4.49. The number of hydrogen-bond acceptors (Lipinski definition) is 3. The molecule has 2 aromatic rings. The molecule has 0 atom stereocenters. The second kappa shape index (κ2) is 7.31. The predicted octanol–water partition coefficient (Wildman–Crippen LogP) is 3.76. The van der Waals surface area contributed by atoms with Crippen molar-refractivity contribution in [3.8, 4) is 0 Å². The largest absolute Gasteiger partial charge is 0.477 e. The second-order valence-corrected chi connectivity index (χ2v) is 5.95. The van der Waals surface area contributed by atoms with Gasteiger partial charge in [0.25, 0.3) is 0 Å². The summed E-state index contributed by atoms with van der Waals surface area (Å²) in [4.78, 5) is 17.8. The molecule has 22 heavy (non-hydrogen) atoms. The minimum Gasteiger partial charge on any atom is -0.477 e. The van der Waals surface area contributed by atoms with Crippen molar-refractivity contribution in [2.24, 2.45) is 0 Å². The highest BCUT2D eigenvalue weighted by molar-refractivity contribution is 6.31. The number of aromatic amines is 1. The number of halogens is 1. The molecule has 0 aliphatic heterocycles. The van der Waals surface area contributed by atoms with Crippen molar-refractivity contribution in [3.05, 3.63) is 46.4 Å². The van der Waals surface area contributed by atoms with Gasteiger partial charge in [-0.25, -0.2) is 9.78 Å². The number of aromatic carboxylic acids is 1. The molecule has 118 valence electrons. The summed E-state index contributed by atoms with van der Waals surface area (Å²) in [6.45, 7) is 4.11. The van der Waals surface area contributed by atoms with Crippen LogP contribution in [0.5, 0.6) is 0 Å². The summed E-state index contributed by atoms with van der Waals surface area (Å²) in [5.41, 5.74) is 2.26. The van der Waals surface area contributed by atoms with E-state index in [0.29, 0.717) is 11.1 Å². The maximum absolute atomic E-state index is 10.8. The quantitative estimate of drug-likeness (QED) is 0.725. The standard InChI is InChI=1S/C16H20ClN3O2/c1-10(2)20-15-7-12(13(17)9-19-15)5-3-4-11-6-14(16(21)22)18-8-11/h6-10,18H,3-5H2,1-2H3,(H,19,20)(H,21,22). The number of carboxylic acids is 1. The van der Waals surface area contributed by atoms with E-state index in [-0.39, 0.29) is 5.69 Å². The molecular weight excluding hydrogens is 302 g/mol. The maximum Gasteiger partial charge on any atom is 0.352 e. The fourth-order valence-electron chi connectivity index (χ4n) is 2.24. The van der Waals surface area contributed by atoms with Gasteiger partial charge in [-0.2, -0.15) is 0 Å². The van der Waals surface area contributed by atoms with Gasteiger partial charge in [0.05, 0.1) is 5.02 Å². The lowest BCUT2D eigenvalue weighted by atomic mass is 10.1. The van der Waals surface area contributed by atoms with Crippen LogP contribution in [0.2, 0.25) is 5.02 Å². The Labute approximate surface area is 134 Å². The van der Waals surface area contributed by atoms with Gasteiger partial charge < -0.3 is 15.4 Å². The van der Waals surface area contributed by atoms with Gasteiger partial charge in [-0.15, -0.1) is 0 Å². The highest BCUT2D eigenvalue weighted by Crippen LogP contribution is 2.21. The lowest BCUT2D eigenvalue weighted by Crippen LogP contribution is -2.11. The number of rotatable bonds is 7. The van der Waals surface area contributed by atoms with Gasteiger partial charge in [-0.05, 0) is 56.4 Å². The van der Waals surface area contributed by atoms with Crippen molar-refractivity contribution in [1.82, 2.24) is 9.97 Å². The van der Waals surface area contributed by atoms with Crippen molar-refractivity contribution in [2.45, 2.75) is 39.2 Å². The molecule has 0 aliphatic carbocycles. The van der Waals surface area contributed by atoms with E-state index in [1.165, 1.54) is 0 Å². The number of carboxylic acid groups (broad SMARTS) is 1. The maximum atomic E-state index is 10.8. The first kappa shape index (κ1) is 16.4. The summed E-state index contributed by atoms with van der Waals surface area (Å²) in [7, 11) is 0. The minimum absolute atomic E-state index is 0.223. The van der Waals surface area contributed by atoms with E-state index in [4.69, 9.17) is 16.7 Å². The summed E-state index contributed by atoms with van der Waals surface area (Å²) in [6, 6.07) is 3.96. The molecule has 5 nitrogen and oxygen atoms in total. The van der Waals surface area contributed by atoms with Gasteiger partial charge in [0, 0.05) is 18.4 Å². The van der Waals surface area contributed by atoms with Crippen molar-refractivity contribution in [1.29, 1.82) is 0 Å². The number of pyridine rings is 1. The first-order chi connectivity index (χ1) is 10.5. The van der Waals surface area contributed by atoms with Gasteiger partial charge in [0.1, 0.15) is 11.5 Å². The number of hydrogen-bond donors (Lipinski definition) is 3. The molecule has 0 radical (unpaired) electrons.